The highest BCUT2D eigenvalue weighted by atomic mass is 16.8. The topological polar surface area (TPSA) is 307 Å². The van der Waals surface area contributed by atoms with Crippen molar-refractivity contribution in [3.05, 3.63) is 12.2 Å². The third kappa shape index (κ3) is 39.3. The van der Waals surface area contributed by atoms with Crippen LogP contribution in [0, 0.1) is 0 Å². The van der Waals surface area contributed by atoms with Gasteiger partial charge in [0.25, 0.3) is 0 Å². The average molecular weight is 1380 g/mol. The fourth-order valence-corrected chi connectivity index (χ4v) is 13.9. The van der Waals surface area contributed by atoms with Crippen LogP contribution >= 0.6 is 0 Å². The van der Waals surface area contributed by atoms with Crippen molar-refractivity contribution < 1.29 is 89.4 Å². The molecular formula is C77H147NO18. The maximum atomic E-state index is 13.4. The van der Waals surface area contributed by atoms with Gasteiger partial charge in [0.15, 0.2) is 18.9 Å². The number of carbonyl (C=O) groups excluding carboxylic acids is 1. The van der Waals surface area contributed by atoms with Gasteiger partial charge >= 0.3 is 0 Å². The summed E-state index contributed by atoms with van der Waals surface area (Å²) in [7, 11) is 0. The summed E-state index contributed by atoms with van der Waals surface area (Å²) >= 11 is 0. The summed E-state index contributed by atoms with van der Waals surface area (Å²) in [4.78, 5) is 13.4. The van der Waals surface area contributed by atoms with Crippen molar-refractivity contribution in [3.63, 3.8) is 0 Å². The smallest absolute Gasteiger partial charge is 0.220 e. The van der Waals surface area contributed by atoms with Crippen LogP contribution in [-0.4, -0.2) is 193 Å². The van der Waals surface area contributed by atoms with Gasteiger partial charge in [0.05, 0.1) is 38.6 Å². The molecule has 0 aromatic rings. The molecule has 0 saturated carbocycles. The number of carbonyl (C=O) groups is 1. The standard InChI is InChI=1S/C77H147NO18/c1-3-5-7-9-11-13-15-17-19-20-21-22-23-24-25-26-27-28-29-30-31-32-33-34-35-36-37-38-39-41-43-45-47-49-51-53-55-65(83)78-60(61(82)54-52-50-48-46-44-42-40-18-16-14-12-10-8-6-4-2)59-91-75-71(89)68(86)73(63(57-80)93-75)96-77-72(90)69(87)74(64(58-81)94-77)95-76-70(88)67(85)66(84)62(56-79)92-76/h52,54,60-64,66-77,79-82,84-90H,3-51,53,55-59H2,1-2H3,(H,78,83)/b54-52+. The number of aliphatic hydroxyl groups excluding tert-OH is 11. The number of unbranched alkanes of at least 4 members (excludes halogenated alkanes) is 48. The SMILES string of the molecule is CCCCCCCCCCCCCCC/C=C/C(O)C(COC1OC(CO)C(OC2OC(CO)C(OC3OC(CO)C(O)C(O)C3O)C(O)C2O)C(O)C1O)NC(=O)CCCCCCCCCCCCCCCCCCCCCCCCCCCCCCCCCCCCCC. The Kier molecular flexibility index (Phi) is 54.5. The molecule has 12 N–H and O–H groups in total. The first-order chi connectivity index (χ1) is 46.8. The molecule has 3 saturated heterocycles. The van der Waals surface area contributed by atoms with Gasteiger partial charge < -0.3 is 89.9 Å². The minimum absolute atomic E-state index is 0.250. The Morgan fingerprint density at radius 2 is 0.646 bits per heavy atom. The minimum atomic E-state index is -1.98. The predicted octanol–water partition coefficient (Wildman–Crippen LogP) is 12.8. The Balaban J connectivity index is 1.31. The fourth-order valence-electron chi connectivity index (χ4n) is 13.9. The van der Waals surface area contributed by atoms with E-state index in [2.05, 4.69) is 19.2 Å². The van der Waals surface area contributed by atoms with Crippen LogP contribution in [0.25, 0.3) is 0 Å². The molecule has 3 aliphatic heterocycles. The largest absolute Gasteiger partial charge is 0.394 e. The van der Waals surface area contributed by atoms with E-state index in [1.165, 1.54) is 270 Å². The highest BCUT2D eigenvalue weighted by molar-refractivity contribution is 5.76. The van der Waals surface area contributed by atoms with Gasteiger partial charge in [0.2, 0.25) is 5.91 Å². The molecule has 0 spiro atoms. The molecule has 96 heavy (non-hydrogen) atoms. The predicted molar refractivity (Wildman–Crippen MR) is 379 cm³/mol. The number of allylic oxidation sites excluding steroid dienone is 1. The Morgan fingerprint density at radius 1 is 0.365 bits per heavy atom. The van der Waals surface area contributed by atoms with Gasteiger partial charge in [-0.1, -0.05) is 328 Å². The molecule has 3 rings (SSSR count). The van der Waals surface area contributed by atoms with E-state index in [0.717, 1.165) is 44.9 Å². The van der Waals surface area contributed by atoms with Crippen molar-refractivity contribution in [3.8, 4) is 0 Å². The summed E-state index contributed by atoms with van der Waals surface area (Å²) in [5, 5.41) is 121. The van der Waals surface area contributed by atoms with Crippen molar-refractivity contribution in [1.29, 1.82) is 0 Å². The van der Waals surface area contributed by atoms with Gasteiger partial charge in [-0.15, -0.1) is 0 Å². The monoisotopic (exact) mass is 1370 g/mol. The minimum Gasteiger partial charge on any atom is -0.394 e. The van der Waals surface area contributed by atoms with Crippen LogP contribution in [0.4, 0.5) is 0 Å². The Morgan fingerprint density at radius 3 is 0.979 bits per heavy atom. The summed E-state index contributed by atoms with van der Waals surface area (Å²) in [6.07, 6.45) is 42.3. The van der Waals surface area contributed by atoms with Crippen LogP contribution < -0.4 is 5.32 Å². The summed E-state index contributed by atoms with van der Waals surface area (Å²) in [6.45, 7) is 1.78. The van der Waals surface area contributed by atoms with Crippen LogP contribution in [0.1, 0.15) is 341 Å². The average Bonchev–Trinajstić information content (AvgIpc) is 0.787. The molecule has 1 amide bonds. The van der Waals surface area contributed by atoms with Gasteiger partial charge in [-0.25, -0.2) is 0 Å². The normalized spacial score (nSPS) is 27.0. The number of amides is 1. The lowest BCUT2D eigenvalue weighted by molar-refractivity contribution is -0.379. The van der Waals surface area contributed by atoms with E-state index in [9.17, 15) is 61.0 Å². The molecule has 0 aromatic carbocycles. The van der Waals surface area contributed by atoms with E-state index in [1.807, 2.05) is 6.08 Å². The lowest BCUT2D eigenvalue weighted by atomic mass is 9.96. The quantitative estimate of drug-likeness (QED) is 0.0199. The first kappa shape index (κ1) is 88.7. The molecule has 19 heteroatoms. The Labute approximate surface area is 582 Å². The highest BCUT2D eigenvalue weighted by Crippen LogP contribution is 2.33. The van der Waals surface area contributed by atoms with E-state index in [0.29, 0.717) is 6.42 Å². The number of nitrogens with one attached hydrogen (secondary N) is 1. The Hall–Kier alpha value is -1.47. The summed E-state index contributed by atoms with van der Waals surface area (Å²) in [6, 6.07) is -0.969. The number of ether oxygens (including phenoxy) is 6. The van der Waals surface area contributed by atoms with Crippen molar-refractivity contribution in [2.45, 2.75) is 446 Å². The third-order valence-electron chi connectivity index (χ3n) is 20.3. The van der Waals surface area contributed by atoms with Gasteiger partial charge in [-0.2, -0.15) is 0 Å². The molecule has 17 atom stereocenters. The maximum absolute atomic E-state index is 13.4. The van der Waals surface area contributed by atoms with Crippen molar-refractivity contribution in [2.75, 3.05) is 26.4 Å². The van der Waals surface area contributed by atoms with E-state index >= 15 is 0 Å². The van der Waals surface area contributed by atoms with Crippen LogP contribution in [0.3, 0.4) is 0 Å². The zero-order chi connectivity index (χ0) is 69.6. The van der Waals surface area contributed by atoms with Gasteiger partial charge in [0.1, 0.15) is 73.2 Å². The van der Waals surface area contributed by atoms with E-state index in [4.69, 9.17) is 28.4 Å². The van der Waals surface area contributed by atoms with Crippen LogP contribution in [0.2, 0.25) is 0 Å². The zero-order valence-electron chi connectivity index (χ0n) is 60.6. The van der Waals surface area contributed by atoms with Gasteiger partial charge in [-0.3, -0.25) is 4.79 Å². The second-order valence-electron chi connectivity index (χ2n) is 28.9. The number of aliphatic hydroxyl groups is 11. The van der Waals surface area contributed by atoms with Crippen molar-refractivity contribution in [2.24, 2.45) is 0 Å². The van der Waals surface area contributed by atoms with Gasteiger partial charge in [-0.05, 0) is 19.3 Å². The first-order valence-electron chi connectivity index (χ1n) is 39.9. The molecular weight excluding hydrogens is 1230 g/mol. The Bertz CT molecular complexity index is 1790. The molecule has 17 unspecified atom stereocenters. The molecule has 0 aliphatic carbocycles. The third-order valence-corrected chi connectivity index (χ3v) is 20.3. The molecule has 3 aliphatic rings. The molecule has 19 nitrogen and oxygen atoms in total. The number of hydrogen-bond donors (Lipinski definition) is 12. The molecule has 3 heterocycles. The van der Waals surface area contributed by atoms with Gasteiger partial charge in [0, 0.05) is 6.42 Å². The maximum Gasteiger partial charge on any atom is 0.220 e. The van der Waals surface area contributed by atoms with Crippen LogP contribution in [-0.2, 0) is 33.2 Å². The molecule has 0 radical (unpaired) electrons. The van der Waals surface area contributed by atoms with Crippen LogP contribution in [0.5, 0.6) is 0 Å². The molecule has 3 fully saturated rings. The molecule has 568 valence electrons. The van der Waals surface area contributed by atoms with Crippen molar-refractivity contribution >= 4 is 5.91 Å². The first-order valence-corrected chi connectivity index (χ1v) is 39.9. The second-order valence-corrected chi connectivity index (χ2v) is 28.9. The van der Waals surface area contributed by atoms with E-state index in [1.54, 1.807) is 6.08 Å². The molecule has 0 aromatic heterocycles. The van der Waals surface area contributed by atoms with E-state index < -0.39 is 124 Å². The summed E-state index contributed by atoms with van der Waals surface area (Å²) in [5.41, 5.74) is 0. The lowest BCUT2D eigenvalue weighted by Gasteiger charge is -2.48. The molecule has 0 bridgehead atoms. The zero-order valence-corrected chi connectivity index (χ0v) is 60.6. The van der Waals surface area contributed by atoms with E-state index in [-0.39, 0.29) is 18.9 Å². The highest BCUT2D eigenvalue weighted by Gasteiger charge is 2.54. The number of hydrogen-bond acceptors (Lipinski definition) is 18. The number of rotatable bonds is 64. The second kappa shape index (κ2) is 59.0. The fraction of sp³-hybridized carbons (Fsp3) is 0.961. The summed E-state index contributed by atoms with van der Waals surface area (Å²) < 4.78 is 34.4. The lowest BCUT2D eigenvalue weighted by Crippen LogP contribution is -2.66. The van der Waals surface area contributed by atoms with Crippen molar-refractivity contribution in [1.82, 2.24) is 5.32 Å². The van der Waals surface area contributed by atoms with Crippen LogP contribution in [0.15, 0.2) is 12.2 Å². The summed E-state index contributed by atoms with van der Waals surface area (Å²) in [5.74, 6) is -0.268.